The summed E-state index contributed by atoms with van der Waals surface area (Å²) in [4.78, 5) is 25.9. The quantitative estimate of drug-likeness (QED) is 0.622. The van der Waals surface area contributed by atoms with Crippen molar-refractivity contribution in [2.24, 2.45) is 0 Å². The molecule has 0 amide bonds. The number of hydrogen-bond donors (Lipinski definition) is 0. The fourth-order valence-electron chi connectivity index (χ4n) is 4.41. The van der Waals surface area contributed by atoms with Crippen LogP contribution in [0.4, 0.5) is 0 Å². The van der Waals surface area contributed by atoms with Crippen LogP contribution in [0.15, 0.2) is 60.7 Å². The van der Waals surface area contributed by atoms with Crippen molar-refractivity contribution in [1.82, 2.24) is 0 Å². The minimum absolute atomic E-state index is 0.164. The van der Waals surface area contributed by atoms with E-state index in [0.29, 0.717) is 17.5 Å². The maximum Gasteiger partial charge on any atom is 0.339 e. The Kier molecular flexibility index (Phi) is 6.73. The number of rotatable bonds is 2. The van der Waals surface area contributed by atoms with E-state index in [0.717, 1.165) is 5.56 Å². The summed E-state index contributed by atoms with van der Waals surface area (Å²) in [5, 5.41) is 0. The molecule has 178 valence electrons. The van der Waals surface area contributed by atoms with Crippen LogP contribution < -0.4 is 0 Å². The number of ether oxygens (including phenoxy) is 6. The molecule has 0 aromatic heterocycles. The molecule has 2 aromatic rings. The highest BCUT2D eigenvalue weighted by atomic mass is 16.8. The summed E-state index contributed by atoms with van der Waals surface area (Å²) >= 11 is 0. The van der Waals surface area contributed by atoms with Gasteiger partial charge in [-0.25, -0.2) is 4.79 Å². The van der Waals surface area contributed by atoms with Crippen LogP contribution in [0.25, 0.3) is 6.08 Å². The summed E-state index contributed by atoms with van der Waals surface area (Å²) in [7, 11) is 1.45. The maximum absolute atomic E-state index is 13.3. The molecule has 5 rings (SSSR count). The Morgan fingerprint density at radius 3 is 2.50 bits per heavy atom. The van der Waals surface area contributed by atoms with Crippen LogP contribution in [-0.4, -0.2) is 56.4 Å². The van der Waals surface area contributed by atoms with E-state index < -0.39 is 48.9 Å². The van der Waals surface area contributed by atoms with Crippen LogP contribution in [-0.2, 0) is 33.2 Å². The smallest absolute Gasteiger partial charge is 0.339 e. The van der Waals surface area contributed by atoms with Gasteiger partial charge in [-0.2, -0.15) is 0 Å². The molecule has 2 aromatic carbocycles. The minimum atomic E-state index is -1.01. The van der Waals surface area contributed by atoms with Crippen LogP contribution in [0.3, 0.4) is 0 Å². The lowest BCUT2D eigenvalue weighted by Crippen LogP contribution is -2.64. The Balaban J connectivity index is 1.51. The minimum Gasteiger partial charge on any atom is -0.453 e. The number of hydrogen-bond acceptors (Lipinski definition) is 8. The molecule has 2 fully saturated rings. The highest BCUT2D eigenvalue weighted by Gasteiger charge is 2.54. The first-order valence-electron chi connectivity index (χ1n) is 11.3. The molecule has 3 aliphatic heterocycles. The van der Waals surface area contributed by atoms with Crippen LogP contribution in [0.5, 0.6) is 0 Å². The molecule has 34 heavy (non-hydrogen) atoms. The van der Waals surface area contributed by atoms with Gasteiger partial charge >= 0.3 is 11.9 Å². The first-order valence-corrected chi connectivity index (χ1v) is 11.3. The molecular weight excluding hydrogens is 440 g/mol. The molecule has 0 saturated carbocycles. The van der Waals surface area contributed by atoms with Gasteiger partial charge in [0.05, 0.1) is 12.2 Å². The number of carbonyl (C=O) groups excluding carboxylic acids is 2. The summed E-state index contributed by atoms with van der Waals surface area (Å²) in [5.74, 6) is -0.992. The second-order valence-corrected chi connectivity index (χ2v) is 8.31. The molecule has 8 nitrogen and oxygen atoms in total. The predicted molar refractivity (Wildman–Crippen MR) is 119 cm³/mol. The third-order valence-corrected chi connectivity index (χ3v) is 6.09. The number of benzene rings is 2. The van der Waals surface area contributed by atoms with Crippen molar-refractivity contribution in [1.29, 1.82) is 0 Å². The van der Waals surface area contributed by atoms with Crippen molar-refractivity contribution in [2.75, 3.05) is 13.7 Å². The zero-order valence-corrected chi connectivity index (χ0v) is 18.7. The van der Waals surface area contributed by atoms with Crippen LogP contribution in [0.1, 0.15) is 40.6 Å². The van der Waals surface area contributed by atoms with Gasteiger partial charge in [-0.05, 0) is 18.1 Å². The van der Waals surface area contributed by atoms with Gasteiger partial charge in [-0.3, -0.25) is 4.79 Å². The zero-order valence-electron chi connectivity index (χ0n) is 18.7. The van der Waals surface area contributed by atoms with Gasteiger partial charge in [-0.1, -0.05) is 60.7 Å². The van der Waals surface area contributed by atoms with Crippen molar-refractivity contribution < 1.29 is 38.0 Å². The molecule has 0 bridgehead atoms. The average molecular weight is 466 g/mol. The van der Waals surface area contributed by atoms with Crippen molar-refractivity contribution in [3.63, 3.8) is 0 Å². The van der Waals surface area contributed by atoms with E-state index in [9.17, 15) is 9.59 Å². The van der Waals surface area contributed by atoms with E-state index in [2.05, 4.69) is 0 Å². The summed E-state index contributed by atoms with van der Waals surface area (Å²) in [6.07, 6.45) is -0.655. The molecular formula is C26H26O8. The summed E-state index contributed by atoms with van der Waals surface area (Å²) in [6.45, 7) is 0.193. The topological polar surface area (TPSA) is 89.5 Å². The van der Waals surface area contributed by atoms with Gasteiger partial charge in [-0.15, -0.1) is 0 Å². The Morgan fingerprint density at radius 2 is 1.68 bits per heavy atom. The highest BCUT2D eigenvalue weighted by molar-refractivity contribution is 5.93. The number of methoxy groups -OCH3 is 1. The van der Waals surface area contributed by atoms with Crippen LogP contribution >= 0.6 is 0 Å². The Labute approximate surface area is 197 Å². The third-order valence-electron chi connectivity index (χ3n) is 6.09. The molecule has 1 unspecified atom stereocenters. The Morgan fingerprint density at radius 1 is 0.882 bits per heavy atom. The van der Waals surface area contributed by atoms with Gasteiger partial charge in [0.2, 0.25) is 0 Å². The Bertz CT molecular complexity index is 1050. The lowest BCUT2D eigenvalue weighted by Gasteiger charge is -2.47. The number of carbonyl (C=O) groups is 2. The van der Waals surface area contributed by atoms with Crippen LogP contribution in [0.2, 0.25) is 0 Å². The van der Waals surface area contributed by atoms with Crippen molar-refractivity contribution in [2.45, 2.75) is 49.8 Å². The average Bonchev–Trinajstić information content (AvgIpc) is 2.87. The second kappa shape index (κ2) is 10.1. The molecule has 2 saturated heterocycles. The second-order valence-electron chi connectivity index (χ2n) is 8.31. The number of fused-ring (bicyclic) bond motifs is 4. The van der Waals surface area contributed by atoms with Gasteiger partial charge < -0.3 is 28.4 Å². The zero-order chi connectivity index (χ0) is 23.5. The SMILES string of the molecule is CO[C@H]1O[C@@H]2COC(c3ccccc3)O[C@H]2[C@@H]2OC(=O)c3ccccc3C=CCCC(=O)O[C@@H]12. The summed E-state index contributed by atoms with van der Waals surface area (Å²) < 4.78 is 35.4. The summed E-state index contributed by atoms with van der Waals surface area (Å²) in [5.41, 5.74) is 1.94. The fourth-order valence-corrected chi connectivity index (χ4v) is 4.41. The molecule has 3 aliphatic rings. The van der Waals surface area contributed by atoms with E-state index in [1.54, 1.807) is 12.1 Å². The third kappa shape index (κ3) is 4.63. The largest absolute Gasteiger partial charge is 0.453 e. The van der Waals surface area contributed by atoms with Gasteiger partial charge in [0.15, 0.2) is 24.8 Å². The maximum atomic E-state index is 13.3. The van der Waals surface area contributed by atoms with E-state index in [4.69, 9.17) is 28.4 Å². The lowest BCUT2D eigenvalue weighted by atomic mass is 9.96. The molecule has 3 heterocycles. The van der Waals surface area contributed by atoms with E-state index >= 15 is 0 Å². The first-order chi connectivity index (χ1) is 16.6. The standard InChI is InChI=1S/C26H26O8/c1-29-26-23-22(21-19(31-26)15-30-25(34-21)17-11-3-2-4-12-17)33-24(28)18-13-7-5-9-16(18)10-6-8-14-20(27)32-23/h2-7,9-13,19,21-23,25-26H,8,14-15H2,1H3/t19-,21-,22+,23-,25?,26+/m1/s1. The molecule has 0 N–H and O–H groups in total. The van der Waals surface area contributed by atoms with Gasteiger partial charge in [0, 0.05) is 19.1 Å². The van der Waals surface area contributed by atoms with Gasteiger partial charge in [0.1, 0.15) is 12.2 Å². The van der Waals surface area contributed by atoms with Crippen molar-refractivity contribution in [3.05, 3.63) is 77.4 Å². The van der Waals surface area contributed by atoms with E-state index in [1.165, 1.54) is 7.11 Å². The van der Waals surface area contributed by atoms with Crippen LogP contribution in [0, 0.1) is 0 Å². The summed E-state index contributed by atoms with van der Waals surface area (Å²) in [6, 6.07) is 16.6. The first kappa shape index (κ1) is 22.7. The van der Waals surface area contributed by atoms with E-state index in [-0.39, 0.29) is 13.0 Å². The Hall–Kier alpha value is -3.04. The number of esters is 2. The monoisotopic (exact) mass is 466 g/mol. The molecule has 0 spiro atoms. The van der Waals surface area contributed by atoms with Crippen molar-refractivity contribution >= 4 is 18.0 Å². The normalized spacial score (nSPS) is 31.6. The molecule has 0 aliphatic carbocycles. The predicted octanol–water partition coefficient (Wildman–Crippen LogP) is 3.42. The van der Waals surface area contributed by atoms with E-state index in [1.807, 2.05) is 54.6 Å². The highest BCUT2D eigenvalue weighted by Crippen LogP contribution is 2.37. The molecule has 6 atom stereocenters. The van der Waals surface area contributed by atoms with Gasteiger partial charge in [0.25, 0.3) is 0 Å². The molecule has 8 heteroatoms. The fraction of sp³-hybridized carbons (Fsp3) is 0.385. The molecule has 0 radical (unpaired) electrons. The number of allylic oxidation sites excluding steroid dienone is 1. The lowest BCUT2D eigenvalue weighted by molar-refractivity contribution is -0.358. The van der Waals surface area contributed by atoms with Crippen molar-refractivity contribution in [3.8, 4) is 0 Å².